The van der Waals surface area contributed by atoms with Crippen molar-refractivity contribution in [1.29, 1.82) is 0 Å². The van der Waals surface area contributed by atoms with Crippen molar-refractivity contribution in [2.45, 2.75) is 12.1 Å². The summed E-state index contributed by atoms with van der Waals surface area (Å²) in [6.07, 6.45) is 0. The summed E-state index contributed by atoms with van der Waals surface area (Å²) in [7, 11) is 3.13. The minimum Gasteiger partial charge on any atom is -0.510 e. The lowest BCUT2D eigenvalue weighted by Crippen LogP contribution is -2.10. The zero-order valence-electron chi connectivity index (χ0n) is 17.3. The first-order valence-electron chi connectivity index (χ1n) is 9.52. The molecule has 4 rings (SSSR count). The Morgan fingerprint density at radius 1 is 1.19 bits per heavy atom. The fourth-order valence-electron chi connectivity index (χ4n) is 3.21. The Hall–Kier alpha value is -3.59. The summed E-state index contributed by atoms with van der Waals surface area (Å²) in [5.74, 6) is 0.248. The number of aliphatic hydroxyl groups is 1. The van der Waals surface area contributed by atoms with Gasteiger partial charge < -0.3 is 19.4 Å². The molecule has 0 saturated carbocycles. The first kappa shape index (κ1) is 20.7. The standard InChI is InChI=1S/C22H21N5O3S/c1-13-7-6-8-14(11-13)20-25-26-22(27(20)2)31-12-17(28)18(21(29)30-3)19-23-15-9-4-5-10-16(15)24-19/h4-11,28H,12H2,1-3H3,(H,23,24)/b18-17+. The largest absolute Gasteiger partial charge is 0.510 e. The van der Waals surface area contributed by atoms with Crippen LogP contribution in [0.15, 0.2) is 59.4 Å². The van der Waals surface area contributed by atoms with E-state index in [0.717, 1.165) is 22.5 Å². The van der Waals surface area contributed by atoms with E-state index in [2.05, 4.69) is 20.2 Å². The van der Waals surface area contributed by atoms with Gasteiger partial charge in [0.05, 0.1) is 23.9 Å². The van der Waals surface area contributed by atoms with Crippen LogP contribution in [0.3, 0.4) is 0 Å². The average Bonchev–Trinajstić information content (AvgIpc) is 3.35. The lowest BCUT2D eigenvalue weighted by Gasteiger charge is -2.07. The molecule has 2 aromatic heterocycles. The number of esters is 1. The summed E-state index contributed by atoms with van der Waals surface area (Å²) in [5.41, 5.74) is 3.53. The number of hydrogen-bond donors (Lipinski definition) is 2. The lowest BCUT2D eigenvalue weighted by atomic mass is 10.1. The number of carbonyl (C=O) groups is 1. The van der Waals surface area contributed by atoms with Crippen molar-refractivity contribution in [2.75, 3.05) is 12.9 Å². The van der Waals surface area contributed by atoms with Gasteiger partial charge in [0.1, 0.15) is 17.2 Å². The van der Waals surface area contributed by atoms with Crippen molar-refractivity contribution >= 4 is 34.3 Å². The van der Waals surface area contributed by atoms with E-state index < -0.39 is 5.97 Å². The molecule has 0 aliphatic rings. The predicted molar refractivity (Wildman–Crippen MR) is 120 cm³/mol. The van der Waals surface area contributed by atoms with Gasteiger partial charge in [0.2, 0.25) is 0 Å². The van der Waals surface area contributed by atoms with Crippen LogP contribution in [-0.2, 0) is 16.6 Å². The van der Waals surface area contributed by atoms with Gasteiger partial charge in [-0.25, -0.2) is 9.78 Å². The van der Waals surface area contributed by atoms with E-state index >= 15 is 0 Å². The van der Waals surface area contributed by atoms with E-state index in [0.29, 0.717) is 10.7 Å². The molecule has 0 atom stereocenters. The number of aromatic amines is 1. The molecule has 2 aromatic carbocycles. The van der Waals surface area contributed by atoms with Crippen molar-refractivity contribution in [1.82, 2.24) is 24.7 Å². The number of hydrogen-bond acceptors (Lipinski definition) is 7. The topological polar surface area (TPSA) is 106 Å². The number of rotatable bonds is 6. The number of ether oxygens (including phenoxy) is 1. The molecule has 0 aliphatic carbocycles. The third-order valence-corrected chi connectivity index (χ3v) is 5.78. The fraction of sp³-hybridized carbons (Fsp3) is 0.182. The number of imidazole rings is 1. The third kappa shape index (κ3) is 4.17. The number of benzene rings is 2. The number of para-hydroxylation sites is 2. The summed E-state index contributed by atoms with van der Waals surface area (Å²) in [6, 6.07) is 15.4. The van der Waals surface area contributed by atoms with Crippen LogP contribution in [0.5, 0.6) is 0 Å². The Morgan fingerprint density at radius 3 is 2.74 bits per heavy atom. The highest BCUT2D eigenvalue weighted by Crippen LogP contribution is 2.27. The molecule has 0 fully saturated rings. The number of nitrogens with one attached hydrogen (secondary N) is 1. The molecule has 9 heteroatoms. The number of aliphatic hydroxyl groups excluding tert-OH is 1. The van der Waals surface area contributed by atoms with Crippen LogP contribution in [0.1, 0.15) is 11.4 Å². The third-order valence-electron chi connectivity index (χ3n) is 4.75. The molecule has 0 amide bonds. The van der Waals surface area contributed by atoms with Gasteiger partial charge in [-0.3, -0.25) is 0 Å². The summed E-state index contributed by atoms with van der Waals surface area (Å²) in [6.45, 7) is 2.02. The molecule has 0 aliphatic heterocycles. The first-order valence-corrected chi connectivity index (χ1v) is 10.5. The number of carbonyl (C=O) groups excluding carboxylic acids is 1. The van der Waals surface area contributed by atoms with Crippen LogP contribution in [0.25, 0.3) is 28.0 Å². The zero-order chi connectivity index (χ0) is 22.0. The van der Waals surface area contributed by atoms with E-state index in [1.54, 1.807) is 0 Å². The van der Waals surface area contributed by atoms with Crippen molar-refractivity contribution in [3.05, 3.63) is 65.7 Å². The zero-order valence-corrected chi connectivity index (χ0v) is 18.1. The van der Waals surface area contributed by atoms with Gasteiger partial charge in [-0.1, -0.05) is 47.7 Å². The maximum absolute atomic E-state index is 12.4. The van der Waals surface area contributed by atoms with Gasteiger partial charge in [-0.2, -0.15) is 0 Å². The quantitative estimate of drug-likeness (QED) is 0.205. The van der Waals surface area contributed by atoms with Gasteiger partial charge in [0.15, 0.2) is 11.0 Å². The maximum Gasteiger partial charge on any atom is 0.345 e. The Bertz CT molecular complexity index is 1260. The molecule has 2 heterocycles. The molecular weight excluding hydrogens is 414 g/mol. The van der Waals surface area contributed by atoms with E-state index in [-0.39, 0.29) is 22.9 Å². The lowest BCUT2D eigenvalue weighted by molar-refractivity contribution is -0.133. The van der Waals surface area contributed by atoms with Crippen molar-refractivity contribution in [3.8, 4) is 11.4 Å². The number of H-pyrrole nitrogens is 1. The monoisotopic (exact) mass is 435 g/mol. The molecule has 4 aromatic rings. The first-order chi connectivity index (χ1) is 15.0. The van der Waals surface area contributed by atoms with Crippen LogP contribution in [0.4, 0.5) is 0 Å². The number of aromatic nitrogens is 5. The fourth-order valence-corrected chi connectivity index (χ4v) is 3.99. The minimum atomic E-state index is -0.671. The average molecular weight is 436 g/mol. The SMILES string of the molecule is COC(=O)/C(=C(/O)CSc1nnc(-c2cccc(C)c2)n1C)c1nc2ccccc2[nH]1. The highest BCUT2D eigenvalue weighted by Gasteiger charge is 2.23. The number of thioether (sulfide) groups is 1. The van der Waals surface area contributed by atoms with Gasteiger partial charge in [-0.15, -0.1) is 10.2 Å². The van der Waals surface area contributed by atoms with E-state index in [1.165, 1.54) is 18.9 Å². The molecule has 0 unspecified atom stereocenters. The molecular formula is C22H21N5O3S. The second-order valence-electron chi connectivity index (χ2n) is 6.94. The van der Waals surface area contributed by atoms with Gasteiger partial charge in [-0.05, 0) is 25.1 Å². The number of aryl methyl sites for hydroxylation is 1. The van der Waals surface area contributed by atoms with E-state index in [4.69, 9.17) is 4.74 Å². The van der Waals surface area contributed by atoms with Crippen LogP contribution in [0.2, 0.25) is 0 Å². The summed E-state index contributed by atoms with van der Waals surface area (Å²) < 4.78 is 6.73. The molecule has 8 nitrogen and oxygen atoms in total. The normalized spacial score (nSPS) is 12.1. The molecule has 31 heavy (non-hydrogen) atoms. The summed E-state index contributed by atoms with van der Waals surface area (Å²) in [4.78, 5) is 19.9. The summed E-state index contributed by atoms with van der Waals surface area (Å²) in [5, 5.41) is 19.9. The van der Waals surface area contributed by atoms with Crippen LogP contribution in [-0.4, -0.2) is 48.7 Å². The highest BCUT2D eigenvalue weighted by molar-refractivity contribution is 7.99. The van der Waals surface area contributed by atoms with Gasteiger partial charge >= 0.3 is 5.97 Å². The van der Waals surface area contributed by atoms with Crippen molar-refractivity contribution in [3.63, 3.8) is 0 Å². The van der Waals surface area contributed by atoms with Crippen LogP contribution >= 0.6 is 11.8 Å². The van der Waals surface area contributed by atoms with Crippen molar-refractivity contribution in [2.24, 2.45) is 7.05 Å². The minimum absolute atomic E-state index is 0.00715. The van der Waals surface area contributed by atoms with Gasteiger partial charge in [0, 0.05) is 12.6 Å². The molecule has 2 N–H and O–H groups in total. The molecule has 0 saturated heterocycles. The molecule has 158 valence electrons. The summed E-state index contributed by atoms with van der Waals surface area (Å²) >= 11 is 1.26. The number of methoxy groups -OCH3 is 1. The Balaban J connectivity index is 1.62. The molecule has 0 radical (unpaired) electrons. The molecule has 0 spiro atoms. The van der Waals surface area contributed by atoms with Crippen molar-refractivity contribution < 1.29 is 14.6 Å². The Labute approximate surface area is 183 Å². The number of fused-ring (bicyclic) bond motifs is 1. The Morgan fingerprint density at radius 2 is 2.00 bits per heavy atom. The predicted octanol–water partition coefficient (Wildman–Crippen LogP) is 3.90. The van der Waals surface area contributed by atoms with Crippen LogP contribution in [0, 0.1) is 6.92 Å². The van der Waals surface area contributed by atoms with E-state index in [1.807, 2.05) is 67.1 Å². The maximum atomic E-state index is 12.4. The van der Waals surface area contributed by atoms with E-state index in [9.17, 15) is 9.90 Å². The number of nitrogens with zero attached hydrogens (tertiary/aromatic N) is 4. The Kier molecular flexibility index (Phi) is 5.77. The smallest absolute Gasteiger partial charge is 0.345 e. The van der Waals surface area contributed by atoms with Gasteiger partial charge in [0.25, 0.3) is 0 Å². The molecule has 0 bridgehead atoms. The second-order valence-corrected chi connectivity index (χ2v) is 7.88. The highest BCUT2D eigenvalue weighted by atomic mass is 32.2. The van der Waals surface area contributed by atoms with Crippen LogP contribution < -0.4 is 0 Å². The second kappa shape index (κ2) is 8.65.